The van der Waals surface area contributed by atoms with Crippen molar-refractivity contribution in [2.75, 3.05) is 6.61 Å². The van der Waals surface area contributed by atoms with E-state index in [2.05, 4.69) is 38.5 Å². The van der Waals surface area contributed by atoms with Crippen molar-refractivity contribution >= 4 is 44.5 Å². The zero-order valence-electron chi connectivity index (χ0n) is 6.46. The maximum absolute atomic E-state index is 10.2. The van der Waals surface area contributed by atoms with E-state index in [0.717, 1.165) is 8.04 Å². The van der Waals surface area contributed by atoms with Gasteiger partial charge in [-0.25, -0.2) is 4.79 Å². The Morgan fingerprint density at radius 1 is 1.62 bits per heavy atom. The lowest BCUT2D eigenvalue weighted by Gasteiger charge is -2.05. The molecule has 0 fully saturated rings. The molecule has 70 valence electrons. The molecule has 0 aliphatic heterocycles. The molecular weight excluding hydrogens is 351 g/mol. The lowest BCUT2D eigenvalue weighted by atomic mass is 10.3. The third-order valence-electron chi connectivity index (χ3n) is 1.25. The van der Waals surface area contributed by atoms with Crippen LogP contribution in [0.1, 0.15) is 0 Å². The molecule has 0 aromatic heterocycles. The van der Waals surface area contributed by atoms with Crippen molar-refractivity contribution < 1.29 is 14.6 Å². The first kappa shape index (κ1) is 10.8. The third-order valence-corrected chi connectivity index (χ3v) is 2.58. The molecular formula is C8H6BrIO3. The van der Waals surface area contributed by atoms with E-state index in [0.29, 0.717) is 5.75 Å². The molecule has 13 heavy (non-hydrogen) atoms. The first-order chi connectivity index (χ1) is 6.09. The van der Waals surface area contributed by atoms with Gasteiger partial charge >= 0.3 is 5.97 Å². The highest BCUT2D eigenvalue weighted by atomic mass is 127. The van der Waals surface area contributed by atoms with Gasteiger partial charge in [0.05, 0.1) is 3.57 Å². The van der Waals surface area contributed by atoms with E-state index in [-0.39, 0.29) is 6.61 Å². The number of aliphatic carboxylic acids is 1. The zero-order chi connectivity index (χ0) is 9.84. The van der Waals surface area contributed by atoms with Crippen LogP contribution in [-0.4, -0.2) is 17.7 Å². The molecule has 0 aliphatic rings. The Balaban J connectivity index is 2.72. The highest BCUT2D eigenvalue weighted by Gasteiger charge is 2.03. The highest BCUT2D eigenvalue weighted by molar-refractivity contribution is 14.1. The van der Waals surface area contributed by atoms with Gasteiger partial charge in [0.15, 0.2) is 6.61 Å². The lowest BCUT2D eigenvalue weighted by Crippen LogP contribution is -2.09. The van der Waals surface area contributed by atoms with Crippen LogP contribution in [0, 0.1) is 3.57 Å². The van der Waals surface area contributed by atoms with Crippen LogP contribution in [-0.2, 0) is 4.79 Å². The largest absolute Gasteiger partial charge is 0.481 e. The Hall–Kier alpha value is -0.300. The number of hydrogen-bond donors (Lipinski definition) is 1. The van der Waals surface area contributed by atoms with Gasteiger partial charge in [-0.2, -0.15) is 0 Å². The molecule has 1 N–H and O–H groups in total. The molecule has 0 radical (unpaired) electrons. The molecule has 1 aromatic rings. The Kier molecular flexibility index (Phi) is 3.98. The highest BCUT2D eigenvalue weighted by Crippen LogP contribution is 2.24. The summed E-state index contributed by atoms with van der Waals surface area (Å²) in [6.45, 7) is -0.308. The summed E-state index contributed by atoms with van der Waals surface area (Å²) in [6.07, 6.45) is 0. The predicted octanol–water partition coefficient (Wildman–Crippen LogP) is 2.52. The second kappa shape index (κ2) is 4.80. The molecule has 0 amide bonds. The maximum atomic E-state index is 10.2. The smallest absolute Gasteiger partial charge is 0.341 e. The summed E-state index contributed by atoms with van der Waals surface area (Å²) in [6, 6.07) is 5.39. The summed E-state index contributed by atoms with van der Waals surface area (Å²) in [5.41, 5.74) is 0. The maximum Gasteiger partial charge on any atom is 0.341 e. The third kappa shape index (κ3) is 3.51. The fourth-order valence-corrected chi connectivity index (χ4v) is 2.19. The Bertz CT molecular complexity index is 327. The van der Waals surface area contributed by atoms with E-state index in [1.165, 1.54) is 0 Å². The number of benzene rings is 1. The molecule has 1 aromatic carbocycles. The molecule has 0 saturated heterocycles. The first-order valence-electron chi connectivity index (χ1n) is 3.39. The van der Waals surface area contributed by atoms with Crippen LogP contribution in [0.2, 0.25) is 0 Å². The number of carboxylic acids is 1. The van der Waals surface area contributed by atoms with Crippen LogP contribution in [0.3, 0.4) is 0 Å². The SMILES string of the molecule is O=C(O)COc1ccc(Br)cc1I. The quantitative estimate of drug-likeness (QED) is 0.846. The molecule has 0 bridgehead atoms. The summed E-state index contributed by atoms with van der Waals surface area (Å²) in [4.78, 5) is 10.2. The molecule has 1 rings (SSSR count). The monoisotopic (exact) mass is 356 g/mol. The van der Waals surface area contributed by atoms with E-state index in [1.54, 1.807) is 12.1 Å². The molecule has 0 spiro atoms. The Morgan fingerprint density at radius 2 is 2.31 bits per heavy atom. The molecule has 0 aliphatic carbocycles. The minimum Gasteiger partial charge on any atom is -0.481 e. The topological polar surface area (TPSA) is 46.5 Å². The van der Waals surface area contributed by atoms with Crippen molar-refractivity contribution in [3.63, 3.8) is 0 Å². The molecule has 0 unspecified atom stereocenters. The number of rotatable bonds is 3. The number of ether oxygens (including phenoxy) is 1. The van der Waals surface area contributed by atoms with E-state index < -0.39 is 5.97 Å². The second-order valence-electron chi connectivity index (χ2n) is 2.26. The lowest BCUT2D eigenvalue weighted by molar-refractivity contribution is -0.139. The van der Waals surface area contributed by atoms with Crippen LogP contribution in [0.4, 0.5) is 0 Å². The normalized spacial score (nSPS) is 9.69. The Labute approximate surface area is 97.4 Å². The van der Waals surface area contributed by atoms with Crippen LogP contribution < -0.4 is 4.74 Å². The van der Waals surface area contributed by atoms with Gasteiger partial charge in [-0.15, -0.1) is 0 Å². The summed E-state index contributed by atoms with van der Waals surface area (Å²) in [5.74, 6) is -0.384. The summed E-state index contributed by atoms with van der Waals surface area (Å²) in [7, 11) is 0. The molecule has 3 nitrogen and oxygen atoms in total. The fraction of sp³-hybridized carbons (Fsp3) is 0.125. The second-order valence-corrected chi connectivity index (χ2v) is 4.34. The number of carbonyl (C=O) groups is 1. The van der Waals surface area contributed by atoms with Crippen molar-refractivity contribution in [2.45, 2.75) is 0 Å². The van der Waals surface area contributed by atoms with Gasteiger partial charge in [0.2, 0.25) is 0 Å². The molecule has 5 heteroatoms. The minimum absolute atomic E-state index is 0.308. The molecule has 0 heterocycles. The van der Waals surface area contributed by atoms with Crippen LogP contribution in [0.25, 0.3) is 0 Å². The van der Waals surface area contributed by atoms with Crippen LogP contribution >= 0.6 is 38.5 Å². The summed E-state index contributed by atoms with van der Waals surface area (Å²) >= 11 is 5.38. The van der Waals surface area contributed by atoms with Gasteiger partial charge in [-0.3, -0.25) is 0 Å². The van der Waals surface area contributed by atoms with Gasteiger partial charge in [0, 0.05) is 4.47 Å². The summed E-state index contributed by atoms with van der Waals surface area (Å²) < 4.78 is 6.85. The van der Waals surface area contributed by atoms with Crippen molar-refractivity contribution in [1.82, 2.24) is 0 Å². The van der Waals surface area contributed by atoms with E-state index in [4.69, 9.17) is 9.84 Å². The minimum atomic E-state index is -0.973. The molecule has 0 saturated carbocycles. The zero-order valence-corrected chi connectivity index (χ0v) is 10.2. The van der Waals surface area contributed by atoms with Crippen molar-refractivity contribution in [1.29, 1.82) is 0 Å². The average molecular weight is 357 g/mol. The first-order valence-corrected chi connectivity index (χ1v) is 5.26. The van der Waals surface area contributed by atoms with E-state index >= 15 is 0 Å². The average Bonchev–Trinajstić information content (AvgIpc) is 2.02. The number of carboxylic acid groups (broad SMARTS) is 1. The van der Waals surface area contributed by atoms with Gasteiger partial charge < -0.3 is 9.84 Å². The number of hydrogen-bond acceptors (Lipinski definition) is 2. The van der Waals surface area contributed by atoms with Crippen LogP contribution in [0.5, 0.6) is 5.75 Å². The predicted molar refractivity (Wildman–Crippen MR) is 60.0 cm³/mol. The fourth-order valence-electron chi connectivity index (χ4n) is 0.732. The van der Waals surface area contributed by atoms with Crippen molar-refractivity contribution in [3.05, 3.63) is 26.2 Å². The van der Waals surface area contributed by atoms with Crippen molar-refractivity contribution in [3.8, 4) is 5.75 Å². The molecule has 0 atom stereocenters. The van der Waals surface area contributed by atoms with Crippen LogP contribution in [0.15, 0.2) is 22.7 Å². The Morgan fingerprint density at radius 3 is 2.85 bits per heavy atom. The van der Waals surface area contributed by atoms with E-state index in [9.17, 15) is 4.79 Å². The van der Waals surface area contributed by atoms with Gasteiger partial charge in [-0.1, -0.05) is 15.9 Å². The summed E-state index contributed by atoms with van der Waals surface area (Å²) in [5, 5.41) is 8.38. The standard InChI is InChI=1S/C8H6BrIO3/c9-5-1-2-7(6(10)3-5)13-4-8(11)12/h1-3H,4H2,(H,11,12). The van der Waals surface area contributed by atoms with Crippen molar-refractivity contribution in [2.24, 2.45) is 0 Å². The van der Waals surface area contributed by atoms with Gasteiger partial charge in [-0.05, 0) is 40.8 Å². The number of halogens is 2. The van der Waals surface area contributed by atoms with Gasteiger partial charge in [0.25, 0.3) is 0 Å². The van der Waals surface area contributed by atoms with E-state index in [1.807, 2.05) is 6.07 Å². The van der Waals surface area contributed by atoms with Gasteiger partial charge in [0.1, 0.15) is 5.75 Å².